The molecule has 1 amide bonds. The number of hydrogen-bond donors (Lipinski definition) is 0. The van der Waals surface area contributed by atoms with Crippen LogP contribution >= 0.6 is 0 Å². The maximum absolute atomic E-state index is 13.4. The number of carbonyl (C=O) groups is 1. The lowest BCUT2D eigenvalue weighted by molar-refractivity contribution is -0.114. The Morgan fingerprint density at radius 2 is 1.96 bits per heavy atom. The molecule has 3 rings (SSSR count). The number of para-hydroxylation sites is 1. The molecule has 0 aliphatic carbocycles. The van der Waals surface area contributed by atoms with E-state index in [0.717, 1.165) is 5.56 Å². The highest BCUT2D eigenvalue weighted by molar-refractivity contribution is 6.32. The molecule has 2 aromatic carbocycles. The third-order valence-electron chi connectivity index (χ3n) is 3.55. The zero-order valence-electron chi connectivity index (χ0n) is 12.8. The number of anilines is 1. The molecule has 1 heterocycles. The second-order valence-corrected chi connectivity index (χ2v) is 5.08. The Bertz CT molecular complexity index is 827. The summed E-state index contributed by atoms with van der Waals surface area (Å²) < 4.78 is 18.7. The molecular formula is C18H15FN2O2. The fraction of sp³-hybridized carbons (Fsp3) is 0.111. The number of benzene rings is 2. The number of hydrogen-bond acceptors (Lipinski definition) is 3. The Balaban J connectivity index is 1.99. The third-order valence-corrected chi connectivity index (χ3v) is 3.55. The smallest absolute Gasteiger partial charge is 0.280 e. The van der Waals surface area contributed by atoms with E-state index in [-0.39, 0.29) is 5.91 Å². The summed E-state index contributed by atoms with van der Waals surface area (Å²) in [6, 6.07) is 13.2. The standard InChI is InChI=1S/C18H15FN2O2/c1-12-16(10-13-6-3-4-9-17(13)23-2)18(22)21(20-12)15-8-5-7-14(19)11-15/h3-11H,1-2H3/b16-10+. The maximum atomic E-state index is 13.4. The topological polar surface area (TPSA) is 41.9 Å². The average Bonchev–Trinajstić information content (AvgIpc) is 2.83. The van der Waals surface area contributed by atoms with Crippen molar-refractivity contribution in [2.45, 2.75) is 6.92 Å². The van der Waals surface area contributed by atoms with Crippen LogP contribution in [0.2, 0.25) is 0 Å². The van der Waals surface area contributed by atoms with E-state index < -0.39 is 5.82 Å². The summed E-state index contributed by atoms with van der Waals surface area (Å²) in [6.45, 7) is 1.75. The van der Waals surface area contributed by atoms with Gasteiger partial charge in [-0.15, -0.1) is 0 Å². The SMILES string of the molecule is COc1ccccc1/C=C1/C(=O)N(c2cccc(F)c2)N=C1C. The van der Waals surface area contributed by atoms with E-state index in [4.69, 9.17) is 4.74 Å². The highest BCUT2D eigenvalue weighted by Crippen LogP contribution is 2.27. The van der Waals surface area contributed by atoms with Gasteiger partial charge in [-0.3, -0.25) is 4.79 Å². The Morgan fingerprint density at radius 3 is 2.70 bits per heavy atom. The summed E-state index contributed by atoms with van der Waals surface area (Å²) in [4.78, 5) is 12.6. The van der Waals surface area contributed by atoms with Gasteiger partial charge in [0, 0.05) is 5.56 Å². The number of ether oxygens (including phenoxy) is 1. The lowest BCUT2D eigenvalue weighted by Gasteiger charge is -2.11. The molecule has 23 heavy (non-hydrogen) atoms. The Morgan fingerprint density at radius 1 is 1.17 bits per heavy atom. The molecule has 0 unspecified atom stereocenters. The minimum atomic E-state index is -0.412. The summed E-state index contributed by atoms with van der Waals surface area (Å²) in [7, 11) is 1.58. The van der Waals surface area contributed by atoms with E-state index in [1.54, 1.807) is 32.2 Å². The van der Waals surface area contributed by atoms with Gasteiger partial charge < -0.3 is 4.74 Å². The van der Waals surface area contributed by atoms with Crippen LogP contribution in [-0.2, 0) is 4.79 Å². The normalized spacial score (nSPS) is 16.0. The second-order valence-electron chi connectivity index (χ2n) is 5.08. The first-order chi connectivity index (χ1) is 11.1. The van der Waals surface area contributed by atoms with Crippen LogP contribution in [0, 0.1) is 5.82 Å². The van der Waals surface area contributed by atoms with Crippen LogP contribution in [-0.4, -0.2) is 18.7 Å². The Kier molecular flexibility index (Phi) is 3.93. The number of amides is 1. The third kappa shape index (κ3) is 2.85. The van der Waals surface area contributed by atoms with E-state index in [1.165, 1.54) is 17.1 Å². The lowest BCUT2D eigenvalue weighted by atomic mass is 10.1. The quantitative estimate of drug-likeness (QED) is 0.812. The van der Waals surface area contributed by atoms with E-state index in [1.807, 2.05) is 24.3 Å². The molecule has 0 atom stereocenters. The number of halogens is 1. The zero-order valence-corrected chi connectivity index (χ0v) is 12.8. The molecule has 0 N–H and O–H groups in total. The van der Waals surface area contributed by atoms with Gasteiger partial charge in [0.2, 0.25) is 0 Å². The van der Waals surface area contributed by atoms with Crippen molar-refractivity contribution in [3.8, 4) is 5.75 Å². The van der Waals surface area contributed by atoms with Gasteiger partial charge in [0.25, 0.3) is 5.91 Å². The van der Waals surface area contributed by atoms with Crippen LogP contribution in [0.25, 0.3) is 6.08 Å². The van der Waals surface area contributed by atoms with Crippen molar-refractivity contribution < 1.29 is 13.9 Å². The number of rotatable bonds is 3. The molecule has 0 spiro atoms. The maximum Gasteiger partial charge on any atom is 0.280 e. The van der Waals surface area contributed by atoms with Crippen LogP contribution in [0.4, 0.5) is 10.1 Å². The van der Waals surface area contributed by atoms with Crippen molar-refractivity contribution in [1.29, 1.82) is 0 Å². The largest absolute Gasteiger partial charge is 0.496 e. The molecule has 0 aromatic heterocycles. The number of carbonyl (C=O) groups excluding carboxylic acids is 1. The van der Waals surface area contributed by atoms with Crippen molar-refractivity contribution in [2.75, 3.05) is 12.1 Å². The minimum Gasteiger partial charge on any atom is -0.496 e. The van der Waals surface area contributed by atoms with E-state index in [2.05, 4.69) is 5.10 Å². The first kappa shape index (κ1) is 15.0. The van der Waals surface area contributed by atoms with Gasteiger partial charge in [-0.1, -0.05) is 24.3 Å². The first-order valence-corrected chi connectivity index (χ1v) is 7.10. The Hall–Kier alpha value is -2.95. The molecule has 0 radical (unpaired) electrons. The zero-order chi connectivity index (χ0) is 16.4. The van der Waals surface area contributed by atoms with E-state index in [0.29, 0.717) is 22.7 Å². The van der Waals surface area contributed by atoms with Crippen molar-refractivity contribution in [2.24, 2.45) is 5.10 Å². The summed E-state index contributed by atoms with van der Waals surface area (Å²) in [5.74, 6) is -0.0332. The van der Waals surface area contributed by atoms with Crippen LogP contribution < -0.4 is 9.75 Å². The molecule has 1 aliphatic rings. The molecule has 0 fully saturated rings. The van der Waals surface area contributed by atoms with Gasteiger partial charge in [-0.2, -0.15) is 10.1 Å². The van der Waals surface area contributed by atoms with Gasteiger partial charge in [0.05, 0.1) is 24.1 Å². The predicted molar refractivity (Wildman–Crippen MR) is 88.0 cm³/mol. The number of nitrogens with zero attached hydrogens (tertiary/aromatic N) is 2. The van der Waals surface area contributed by atoms with Gasteiger partial charge >= 0.3 is 0 Å². The van der Waals surface area contributed by atoms with Crippen molar-refractivity contribution >= 4 is 23.4 Å². The molecular weight excluding hydrogens is 295 g/mol. The fourth-order valence-corrected chi connectivity index (χ4v) is 2.41. The highest BCUT2D eigenvalue weighted by Gasteiger charge is 2.29. The number of methoxy groups -OCH3 is 1. The molecule has 4 nitrogen and oxygen atoms in total. The van der Waals surface area contributed by atoms with Crippen molar-refractivity contribution in [1.82, 2.24) is 0 Å². The van der Waals surface area contributed by atoms with Crippen LogP contribution in [0.1, 0.15) is 12.5 Å². The van der Waals surface area contributed by atoms with E-state index >= 15 is 0 Å². The van der Waals surface area contributed by atoms with Gasteiger partial charge in [0.1, 0.15) is 11.6 Å². The van der Waals surface area contributed by atoms with Gasteiger partial charge in [-0.25, -0.2) is 4.39 Å². The summed E-state index contributed by atoms with van der Waals surface area (Å²) >= 11 is 0. The molecule has 5 heteroatoms. The van der Waals surface area contributed by atoms with Crippen LogP contribution in [0.3, 0.4) is 0 Å². The monoisotopic (exact) mass is 310 g/mol. The lowest BCUT2D eigenvalue weighted by Crippen LogP contribution is -2.21. The highest BCUT2D eigenvalue weighted by atomic mass is 19.1. The summed E-state index contributed by atoms with van der Waals surface area (Å²) in [5.41, 5.74) is 2.22. The summed E-state index contributed by atoms with van der Waals surface area (Å²) in [5, 5.41) is 5.45. The molecule has 0 saturated heterocycles. The van der Waals surface area contributed by atoms with Gasteiger partial charge in [0.15, 0.2) is 0 Å². The summed E-state index contributed by atoms with van der Waals surface area (Å²) in [6.07, 6.45) is 1.74. The molecule has 1 aliphatic heterocycles. The number of hydrazone groups is 1. The van der Waals surface area contributed by atoms with Gasteiger partial charge in [-0.05, 0) is 37.3 Å². The van der Waals surface area contributed by atoms with Crippen molar-refractivity contribution in [3.05, 3.63) is 65.5 Å². The predicted octanol–water partition coefficient (Wildman–Crippen LogP) is 3.64. The average molecular weight is 310 g/mol. The fourth-order valence-electron chi connectivity index (χ4n) is 2.41. The molecule has 2 aromatic rings. The molecule has 0 saturated carbocycles. The van der Waals surface area contributed by atoms with Crippen LogP contribution in [0.15, 0.2) is 59.2 Å². The minimum absolute atomic E-state index is 0.293. The molecule has 0 bridgehead atoms. The van der Waals surface area contributed by atoms with E-state index in [9.17, 15) is 9.18 Å². The first-order valence-electron chi connectivity index (χ1n) is 7.10. The van der Waals surface area contributed by atoms with Crippen molar-refractivity contribution in [3.63, 3.8) is 0 Å². The molecule has 116 valence electrons. The Labute approximate surface area is 133 Å². The second kappa shape index (κ2) is 6.04. The van der Waals surface area contributed by atoms with Crippen LogP contribution in [0.5, 0.6) is 5.75 Å².